The summed E-state index contributed by atoms with van der Waals surface area (Å²) in [6.45, 7) is 0.670. The quantitative estimate of drug-likeness (QED) is 0.708. The van der Waals surface area contributed by atoms with Crippen LogP contribution >= 0.6 is 11.8 Å². The first-order chi connectivity index (χ1) is 8.29. The maximum Gasteiger partial charge on any atom is 0.332 e. The number of rotatable bonds is 1. The Balaban J connectivity index is 1.96. The smallest absolute Gasteiger partial charge is 0.310 e. The third kappa shape index (κ3) is 1.61. The Hall–Kier alpha value is -1.49. The van der Waals surface area contributed by atoms with Crippen molar-refractivity contribution in [3.63, 3.8) is 0 Å². The minimum atomic E-state index is -0.263. The first kappa shape index (κ1) is 10.7. The highest BCUT2D eigenvalue weighted by molar-refractivity contribution is 7.99. The molecular formula is C12H12N2O2S. The second kappa shape index (κ2) is 4.07. The van der Waals surface area contributed by atoms with Crippen LogP contribution in [0.3, 0.4) is 0 Å². The zero-order chi connectivity index (χ0) is 11.8. The number of anilines is 1. The van der Waals surface area contributed by atoms with Gasteiger partial charge < -0.3 is 4.90 Å². The lowest BCUT2D eigenvalue weighted by molar-refractivity contribution is -0.119. The van der Waals surface area contributed by atoms with Gasteiger partial charge in [0.2, 0.25) is 0 Å². The van der Waals surface area contributed by atoms with E-state index in [0.29, 0.717) is 18.0 Å². The van der Waals surface area contributed by atoms with Gasteiger partial charge in [-0.2, -0.15) is 11.8 Å². The molecule has 0 bridgehead atoms. The number of urea groups is 1. The Labute approximate surface area is 104 Å². The predicted octanol–water partition coefficient (Wildman–Crippen LogP) is 1.57. The van der Waals surface area contributed by atoms with E-state index in [0.717, 1.165) is 5.75 Å². The highest BCUT2D eigenvalue weighted by Crippen LogP contribution is 2.29. The van der Waals surface area contributed by atoms with E-state index in [-0.39, 0.29) is 18.0 Å². The molecular weight excluding hydrogens is 236 g/mol. The van der Waals surface area contributed by atoms with Crippen molar-refractivity contribution < 1.29 is 9.59 Å². The van der Waals surface area contributed by atoms with Crippen molar-refractivity contribution in [3.8, 4) is 0 Å². The summed E-state index contributed by atoms with van der Waals surface area (Å²) < 4.78 is 0. The number of amides is 3. The van der Waals surface area contributed by atoms with Crippen molar-refractivity contribution in [3.05, 3.63) is 30.3 Å². The number of fused-ring (bicyclic) bond motifs is 1. The van der Waals surface area contributed by atoms with E-state index in [1.165, 1.54) is 4.90 Å². The van der Waals surface area contributed by atoms with Gasteiger partial charge in [-0.1, -0.05) is 18.2 Å². The van der Waals surface area contributed by atoms with Crippen molar-refractivity contribution in [1.82, 2.24) is 4.90 Å². The first-order valence-electron chi connectivity index (χ1n) is 5.56. The number of carbonyl (C=O) groups is 2. The van der Waals surface area contributed by atoms with Crippen molar-refractivity contribution >= 4 is 29.4 Å². The van der Waals surface area contributed by atoms with Gasteiger partial charge in [0.25, 0.3) is 5.91 Å². The molecule has 1 atom stereocenters. The summed E-state index contributed by atoms with van der Waals surface area (Å²) in [6, 6.07) is 8.69. The molecule has 0 radical (unpaired) electrons. The Morgan fingerprint density at radius 3 is 2.65 bits per heavy atom. The fraction of sp³-hybridized carbons (Fsp3) is 0.333. The molecule has 2 heterocycles. The summed E-state index contributed by atoms with van der Waals surface area (Å²) in [5.74, 6) is 1.54. The van der Waals surface area contributed by atoms with Gasteiger partial charge in [0.1, 0.15) is 6.04 Å². The van der Waals surface area contributed by atoms with Gasteiger partial charge in [-0.3, -0.25) is 4.79 Å². The van der Waals surface area contributed by atoms with Crippen LogP contribution in [0.4, 0.5) is 10.5 Å². The highest BCUT2D eigenvalue weighted by Gasteiger charge is 2.46. The Bertz CT molecular complexity index is 439. The Morgan fingerprint density at radius 1 is 1.18 bits per heavy atom. The molecule has 2 aliphatic rings. The molecule has 1 unspecified atom stereocenters. The van der Waals surface area contributed by atoms with Crippen molar-refractivity contribution in [2.45, 2.75) is 6.04 Å². The molecule has 3 amide bonds. The lowest BCUT2D eigenvalue weighted by Crippen LogP contribution is -2.41. The number of thioether (sulfide) groups is 1. The van der Waals surface area contributed by atoms with Gasteiger partial charge in [0.15, 0.2) is 0 Å². The molecule has 17 heavy (non-hydrogen) atoms. The van der Waals surface area contributed by atoms with Gasteiger partial charge in [0.05, 0.1) is 5.69 Å². The minimum absolute atomic E-state index is 0.0894. The number of hydrogen-bond donors (Lipinski definition) is 0. The molecule has 0 spiro atoms. The Kier molecular flexibility index (Phi) is 2.55. The summed E-state index contributed by atoms with van der Waals surface area (Å²) in [7, 11) is 0. The van der Waals surface area contributed by atoms with Crippen molar-refractivity contribution in [2.75, 3.05) is 23.0 Å². The molecule has 2 fully saturated rings. The van der Waals surface area contributed by atoms with E-state index >= 15 is 0 Å². The largest absolute Gasteiger partial charge is 0.332 e. The van der Waals surface area contributed by atoms with Gasteiger partial charge in [-0.15, -0.1) is 0 Å². The van der Waals surface area contributed by atoms with Crippen LogP contribution in [0.5, 0.6) is 0 Å². The third-order valence-corrected chi connectivity index (χ3v) is 4.11. The SMILES string of the molecule is O=C1C2CSCCN2C(=O)N1c1ccccc1. The number of nitrogens with zero attached hydrogens (tertiary/aromatic N) is 2. The van der Waals surface area contributed by atoms with Crippen molar-refractivity contribution in [1.29, 1.82) is 0 Å². The van der Waals surface area contributed by atoms with Gasteiger partial charge in [0, 0.05) is 18.1 Å². The molecule has 1 aromatic carbocycles. The molecule has 2 saturated heterocycles. The van der Waals surface area contributed by atoms with Crippen LogP contribution in [0.25, 0.3) is 0 Å². The van der Waals surface area contributed by atoms with Crippen LogP contribution in [0, 0.1) is 0 Å². The first-order valence-corrected chi connectivity index (χ1v) is 6.72. The Morgan fingerprint density at radius 2 is 1.94 bits per heavy atom. The normalized spacial score (nSPS) is 24.1. The summed E-state index contributed by atoms with van der Waals surface area (Å²) in [5.41, 5.74) is 0.668. The fourth-order valence-corrected chi connectivity index (χ4v) is 3.26. The zero-order valence-electron chi connectivity index (χ0n) is 9.20. The van der Waals surface area contributed by atoms with Crippen LogP contribution in [0.2, 0.25) is 0 Å². The number of para-hydroxylation sites is 1. The number of benzene rings is 1. The average molecular weight is 248 g/mol. The molecule has 0 N–H and O–H groups in total. The lowest BCUT2D eigenvalue weighted by atomic mass is 10.2. The van der Waals surface area contributed by atoms with Crippen molar-refractivity contribution in [2.24, 2.45) is 0 Å². The van der Waals surface area contributed by atoms with Crippen LogP contribution < -0.4 is 4.90 Å². The van der Waals surface area contributed by atoms with E-state index in [2.05, 4.69) is 0 Å². The second-order valence-corrected chi connectivity index (χ2v) is 5.23. The van der Waals surface area contributed by atoms with Crippen LogP contribution in [-0.2, 0) is 4.79 Å². The third-order valence-electron chi connectivity index (χ3n) is 3.09. The molecule has 2 aliphatic heterocycles. The lowest BCUT2D eigenvalue weighted by Gasteiger charge is -2.25. The van der Waals surface area contributed by atoms with E-state index < -0.39 is 0 Å². The molecule has 0 aliphatic carbocycles. The van der Waals surface area contributed by atoms with Gasteiger partial charge >= 0.3 is 6.03 Å². The molecule has 3 rings (SSSR count). The zero-order valence-corrected chi connectivity index (χ0v) is 10.0. The van der Waals surface area contributed by atoms with E-state index in [1.54, 1.807) is 28.8 Å². The predicted molar refractivity (Wildman–Crippen MR) is 67.1 cm³/mol. The molecule has 0 aromatic heterocycles. The van der Waals surface area contributed by atoms with Crippen LogP contribution in [0.1, 0.15) is 0 Å². The minimum Gasteiger partial charge on any atom is -0.310 e. The monoisotopic (exact) mass is 248 g/mol. The van der Waals surface area contributed by atoms with Gasteiger partial charge in [-0.25, -0.2) is 9.69 Å². The standard InChI is InChI=1S/C12H12N2O2S/c15-11-10-8-17-7-6-13(10)12(16)14(11)9-4-2-1-3-5-9/h1-5,10H,6-8H2. The maximum absolute atomic E-state index is 12.2. The summed E-state index contributed by atoms with van der Waals surface area (Å²) >= 11 is 1.73. The maximum atomic E-state index is 12.2. The van der Waals surface area contributed by atoms with Crippen LogP contribution in [-0.4, -0.2) is 40.9 Å². The summed E-state index contributed by atoms with van der Waals surface area (Å²) in [5, 5.41) is 0. The summed E-state index contributed by atoms with van der Waals surface area (Å²) in [4.78, 5) is 27.4. The number of imide groups is 1. The molecule has 0 saturated carbocycles. The topological polar surface area (TPSA) is 40.6 Å². The van der Waals surface area contributed by atoms with Crippen LogP contribution in [0.15, 0.2) is 30.3 Å². The van der Waals surface area contributed by atoms with E-state index in [4.69, 9.17) is 0 Å². The average Bonchev–Trinajstić information content (AvgIpc) is 2.64. The molecule has 5 heteroatoms. The van der Waals surface area contributed by atoms with E-state index in [1.807, 2.05) is 18.2 Å². The molecule has 1 aromatic rings. The molecule has 4 nitrogen and oxygen atoms in total. The number of carbonyl (C=O) groups excluding carboxylic acids is 2. The van der Waals surface area contributed by atoms with E-state index in [9.17, 15) is 9.59 Å². The molecule has 88 valence electrons. The fourth-order valence-electron chi connectivity index (χ4n) is 2.22. The highest BCUT2D eigenvalue weighted by atomic mass is 32.2. The summed E-state index contributed by atoms with van der Waals surface area (Å²) in [6.07, 6.45) is 0. The van der Waals surface area contributed by atoms with Gasteiger partial charge in [-0.05, 0) is 12.1 Å². The second-order valence-electron chi connectivity index (χ2n) is 4.08. The number of hydrogen-bond acceptors (Lipinski definition) is 3.